The molecule has 0 saturated carbocycles. The fraction of sp³-hybridized carbons (Fsp3) is 0.300. The van der Waals surface area contributed by atoms with E-state index in [0.717, 1.165) is 54.1 Å². The largest absolute Gasteiger partial charge is 0.338 e. The van der Waals surface area contributed by atoms with Crippen LogP contribution in [-0.2, 0) is 13.0 Å². The van der Waals surface area contributed by atoms with Crippen LogP contribution in [-0.4, -0.2) is 38.4 Å². The number of carbonyl (C=O) groups is 1. The van der Waals surface area contributed by atoms with Crippen molar-refractivity contribution in [2.45, 2.75) is 45.6 Å². The lowest BCUT2D eigenvalue weighted by atomic mass is 9.93. The van der Waals surface area contributed by atoms with Gasteiger partial charge in [0.05, 0.1) is 0 Å². The number of likely N-dealkylation sites (tertiary alicyclic amines) is 1. The number of benzene rings is 2. The number of amides is 1. The molecule has 178 valence electrons. The maximum Gasteiger partial charge on any atom is 0.253 e. The Kier molecular flexibility index (Phi) is 6.75. The lowest BCUT2D eigenvalue weighted by Gasteiger charge is -2.33. The van der Waals surface area contributed by atoms with E-state index in [2.05, 4.69) is 65.0 Å². The molecule has 1 aliphatic heterocycles. The van der Waals surface area contributed by atoms with Gasteiger partial charge in [0.25, 0.3) is 5.91 Å². The van der Waals surface area contributed by atoms with Crippen LogP contribution in [0.5, 0.6) is 0 Å². The Morgan fingerprint density at radius 3 is 2.66 bits per heavy atom. The molecule has 1 unspecified atom stereocenters. The lowest BCUT2D eigenvalue weighted by Crippen LogP contribution is -2.39. The highest BCUT2D eigenvalue weighted by Crippen LogP contribution is 2.27. The van der Waals surface area contributed by atoms with E-state index in [1.807, 2.05) is 42.4 Å². The average Bonchev–Trinajstić information content (AvgIpc) is 3.28. The minimum Gasteiger partial charge on any atom is -0.338 e. The third kappa shape index (κ3) is 5.51. The predicted molar refractivity (Wildman–Crippen MR) is 139 cm³/mol. The van der Waals surface area contributed by atoms with Gasteiger partial charge >= 0.3 is 0 Å². The number of hydrogen-bond donors (Lipinski definition) is 0. The maximum absolute atomic E-state index is 13.4. The first-order valence-electron chi connectivity index (χ1n) is 12.4. The second-order valence-corrected chi connectivity index (χ2v) is 9.61. The molecule has 1 aliphatic rings. The molecule has 1 saturated heterocycles. The molecule has 0 N–H and O–H groups in total. The van der Waals surface area contributed by atoms with Crippen molar-refractivity contribution in [2.24, 2.45) is 0 Å². The van der Waals surface area contributed by atoms with Crippen LogP contribution in [0.2, 0.25) is 0 Å². The summed E-state index contributed by atoms with van der Waals surface area (Å²) in [6, 6.07) is 22.9. The summed E-state index contributed by atoms with van der Waals surface area (Å²) in [6.45, 7) is 6.34. The molecule has 5 nitrogen and oxygen atoms in total. The van der Waals surface area contributed by atoms with Crippen molar-refractivity contribution in [1.29, 1.82) is 0 Å². The molecule has 0 spiro atoms. The van der Waals surface area contributed by atoms with Gasteiger partial charge in [0.2, 0.25) is 0 Å². The molecule has 2 aromatic heterocycles. The van der Waals surface area contributed by atoms with Gasteiger partial charge in [-0.2, -0.15) is 0 Å². The van der Waals surface area contributed by atoms with Crippen LogP contribution in [0, 0.1) is 13.8 Å². The molecule has 0 bridgehead atoms. The summed E-state index contributed by atoms with van der Waals surface area (Å²) >= 11 is 0. The summed E-state index contributed by atoms with van der Waals surface area (Å²) in [4.78, 5) is 24.7. The zero-order valence-corrected chi connectivity index (χ0v) is 20.5. The summed E-state index contributed by atoms with van der Waals surface area (Å²) in [5.74, 6) is 1.34. The second kappa shape index (κ2) is 10.3. The van der Waals surface area contributed by atoms with Gasteiger partial charge in [0, 0.05) is 61.3 Å². The zero-order chi connectivity index (χ0) is 24.2. The van der Waals surface area contributed by atoms with Gasteiger partial charge < -0.3 is 9.47 Å². The van der Waals surface area contributed by atoms with Crippen LogP contribution in [0.25, 0.3) is 0 Å². The molecule has 0 aliphatic carbocycles. The van der Waals surface area contributed by atoms with Crippen molar-refractivity contribution >= 4 is 5.91 Å². The predicted octanol–water partition coefficient (Wildman–Crippen LogP) is 5.55. The zero-order valence-electron chi connectivity index (χ0n) is 20.5. The topological polar surface area (TPSA) is 51.0 Å². The highest BCUT2D eigenvalue weighted by Gasteiger charge is 2.26. The average molecular weight is 465 g/mol. The first-order valence-corrected chi connectivity index (χ1v) is 12.4. The van der Waals surface area contributed by atoms with Crippen molar-refractivity contribution in [1.82, 2.24) is 19.4 Å². The Bertz CT molecular complexity index is 1330. The smallest absolute Gasteiger partial charge is 0.253 e. The Labute approximate surface area is 207 Å². The molecule has 2 aromatic carbocycles. The summed E-state index contributed by atoms with van der Waals surface area (Å²) in [5, 5.41) is 0. The number of pyridine rings is 1. The molecule has 1 fully saturated rings. The summed E-state index contributed by atoms with van der Waals surface area (Å²) in [6.07, 6.45) is 6.66. The number of aromatic nitrogens is 3. The molecule has 35 heavy (non-hydrogen) atoms. The number of rotatable bonds is 6. The highest BCUT2D eigenvalue weighted by atomic mass is 16.2. The fourth-order valence-corrected chi connectivity index (χ4v) is 5.01. The van der Waals surface area contributed by atoms with Gasteiger partial charge in [-0.25, -0.2) is 4.98 Å². The monoisotopic (exact) mass is 464 g/mol. The Hall–Kier alpha value is -3.73. The molecule has 4 aromatic rings. The van der Waals surface area contributed by atoms with Crippen LogP contribution in [0.15, 0.2) is 79.1 Å². The number of hydrogen-bond acceptors (Lipinski definition) is 3. The van der Waals surface area contributed by atoms with Gasteiger partial charge in [-0.3, -0.25) is 9.78 Å². The van der Waals surface area contributed by atoms with E-state index in [4.69, 9.17) is 4.98 Å². The molecule has 1 amide bonds. The van der Waals surface area contributed by atoms with E-state index in [1.54, 1.807) is 0 Å². The summed E-state index contributed by atoms with van der Waals surface area (Å²) < 4.78 is 2.09. The fourth-order valence-electron chi connectivity index (χ4n) is 5.01. The van der Waals surface area contributed by atoms with Gasteiger partial charge in [0.15, 0.2) is 0 Å². The van der Waals surface area contributed by atoms with Crippen LogP contribution in [0.4, 0.5) is 0 Å². The van der Waals surface area contributed by atoms with Crippen molar-refractivity contribution in [2.75, 3.05) is 13.1 Å². The molecular weight excluding hydrogens is 432 g/mol. The van der Waals surface area contributed by atoms with Gasteiger partial charge in [0.1, 0.15) is 5.82 Å². The normalized spacial score (nSPS) is 15.8. The summed E-state index contributed by atoms with van der Waals surface area (Å²) in [7, 11) is 0. The molecule has 1 atom stereocenters. The van der Waals surface area contributed by atoms with Crippen LogP contribution < -0.4 is 0 Å². The Morgan fingerprint density at radius 1 is 1.00 bits per heavy atom. The van der Waals surface area contributed by atoms with Gasteiger partial charge in [-0.15, -0.1) is 0 Å². The SMILES string of the molecule is Cc1cccc(Cc2cccc(C3CCCN(C(=O)c4cccc(Cn5ccnc5C)c4)C3)n2)c1. The lowest BCUT2D eigenvalue weighted by molar-refractivity contribution is 0.0705. The molecule has 3 heterocycles. The van der Waals surface area contributed by atoms with Crippen molar-refractivity contribution in [3.8, 4) is 0 Å². The quantitative estimate of drug-likeness (QED) is 0.376. The van der Waals surface area contributed by atoms with Crippen molar-refractivity contribution in [3.05, 3.63) is 119 Å². The minimum atomic E-state index is 0.106. The molecule has 0 radical (unpaired) electrons. The van der Waals surface area contributed by atoms with E-state index in [9.17, 15) is 4.79 Å². The van der Waals surface area contributed by atoms with E-state index < -0.39 is 0 Å². The number of nitrogens with zero attached hydrogens (tertiary/aromatic N) is 4. The highest BCUT2D eigenvalue weighted by molar-refractivity contribution is 5.94. The maximum atomic E-state index is 13.4. The molecular formula is C30H32N4O. The Balaban J connectivity index is 1.28. The van der Waals surface area contributed by atoms with E-state index in [-0.39, 0.29) is 11.8 Å². The standard InChI is InChI=1S/C30H32N4O/c1-22-7-3-8-24(17-22)19-28-12-5-13-29(32-28)27-11-6-15-34(21-27)30(35)26-10-4-9-25(18-26)20-33-16-14-31-23(33)2/h3-5,7-10,12-14,16-18,27H,6,11,15,19-21H2,1-2H3. The van der Waals surface area contributed by atoms with Crippen LogP contribution in [0.3, 0.4) is 0 Å². The molecule has 5 heteroatoms. The van der Waals surface area contributed by atoms with Crippen LogP contribution >= 0.6 is 0 Å². The third-order valence-electron chi connectivity index (χ3n) is 6.87. The first-order chi connectivity index (χ1) is 17.0. The number of aryl methyl sites for hydroxylation is 2. The summed E-state index contributed by atoms with van der Waals surface area (Å²) in [5.41, 5.74) is 6.58. The van der Waals surface area contributed by atoms with E-state index in [0.29, 0.717) is 13.1 Å². The number of imidazole rings is 1. The number of piperidine rings is 1. The second-order valence-electron chi connectivity index (χ2n) is 9.61. The van der Waals surface area contributed by atoms with Crippen molar-refractivity contribution in [3.63, 3.8) is 0 Å². The number of carbonyl (C=O) groups excluding carboxylic acids is 1. The first kappa shape index (κ1) is 23.0. The minimum absolute atomic E-state index is 0.106. The van der Waals surface area contributed by atoms with Gasteiger partial charge in [-0.1, -0.05) is 48.0 Å². The van der Waals surface area contributed by atoms with Crippen molar-refractivity contribution < 1.29 is 4.79 Å². The Morgan fingerprint density at radius 2 is 1.83 bits per heavy atom. The van der Waals surface area contributed by atoms with Gasteiger partial charge in [-0.05, 0) is 62.1 Å². The van der Waals surface area contributed by atoms with E-state index >= 15 is 0 Å². The van der Waals surface area contributed by atoms with E-state index in [1.165, 1.54) is 11.1 Å². The third-order valence-corrected chi connectivity index (χ3v) is 6.87. The van der Waals surface area contributed by atoms with Crippen LogP contribution in [0.1, 0.15) is 63.0 Å². The molecule has 5 rings (SSSR count).